The van der Waals surface area contributed by atoms with E-state index in [1.807, 2.05) is 0 Å². The van der Waals surface area contributed by atoms with Gasteiger partial charge in [0.1, 0.15) is 5.82 Å². The van der Waals surface area contributed by atoms with E-state index in [1.54, 1.807) is 4.57 Å². The molecule has 1 heterocycles. The number of aliphatic carboxylic acids is 1. The molecule has 1 aliphatic carbocycles. The summed E-state index contributed by atoms with van der Waals surface area (Å²) < 4.78 is 28.2. The van der Waals surface area contributed by atoms with Crippen LogP contribution in [0.5, 0.6) is 0 Å². The Hall–Kier alpha value is -1.98. The molecule has 1 N–H and O–H groups in total. The molecule has 19 heavy (non-hydrogen) atoms. The van der Waals surface area contributed by atoms with Crippen molar-refractivity contribution in [1.29, 1.82) is 0 Å². The number of benzene rings is 1. The van der Waals surface area contributed by atoms with Crippen molar-refractivity contribution in [3.05, 3.63) is 29.6 Å². The van der Waals surface area contributed by atoms with Crippen molar-refractivity contribution in [2.24, 2.45) is 0 Å². The van der Waals surface area contributed by atoms with E-state index in [0.29, 0.717) is 11.0 Å². The molecule has 4 nitrogen and oxygen atoms in total. The molecule has 3 rings (SSSR count). The third-order valence-electron chi connectivity index (χ3n) is 3.31. The lowest BCUT2D eigenvalue weighted by Crippen LogP contribution is -2.07. The van der Waals surface area contributed by atoms with Gasteiger partial charge in [-0.25, -0.2) is 13.8 Å². The van der Waals surface area contributed by atoms with Gasteiger partial charge in [0.25, 0.3) is 0 Å². The van der Waals surface area contributed by atoms with Crippen LogP contribution in [0.15, 0.2) is 12.1 Å². The van der Waals surface area contributed by atoms with Gasteiger partial charge in [-0.2, -0.15) is 0 Å². The number of aromatic nitrogens is 2. The highest BCUT2D eigenvalue weighted by molar-refractivity contribution is 5.77. The van der Waals surface area contributed by atoms with Gasteiger partial charge in [-0.15, -0.1) is 0 Å². The SMILES string of the molecule is O=C(O)CCn1c(C2CC2)nc2cc(F)c(F)cc21. The Balaban J connectivity index is 2.11. The van der Waals surface area contributed by atoms with Gasteiger partial charge in [0.15, 0.2) is 11.6 Å². The van der Waals surface area contributed by atoms with Crippen LogP contribution in [-0.4, -0.2) is 20.6 Å². The first-order chi connectivity index (χ1) is 9.06. The molecule has 1 aromatic heterocycles. The van der Waals surface area contributed by atoms with E-state index in [1.165, 1.54) is 0 Å². The Kier molecular flexibility index (Phi) is 2.73. The Morgan fingerprint density at radius 1 is 1.37 bits per heavy atom. The average Bonchev–Trinajstić information content (AvgIpc) is 3.12. The first-order valence-corrected chi connectivity index (χ1v) is 6.13. The number of imidazole rings is 1. The van der Waals surface area contributed by atoms with E-state index >= 15 is 0 Å². The number of halogens is 2. The smallest absolute Gasteiger partial charge is 0.305 e. The summed E-state index contributed by atoms with van der Waals surface area (Å²) in [6.07, 6.45) is 1.91. The highest BCUT2D eigenvalue weighted by atomic mass is 19.2. The summed E-state index contributed by atoms with van der Waals surface area (Å²) in [4.78, 5) is 15.0. The Bertz CT molecular complexity index is 662. The summed E-state index contributed by atoms with van der Waals surface area (Å²) in [5.41, 5.74) is 0.841. The fourth-order valence-corrected chi connectivity index (χ4v) is 2.23. The second kappa shape index (κ2) is 4.29. The maximum atomic E-state index is 13.3. The van der Waals surface area contributed by atoms with Gasteiger partial charge in [-0.05, 0) is 12.8 Å². The van der Waals surface area contributed by atoms with Crippen molar-refractivity contribution in [3.63, 3.8) is 0 Å². The van der Waals surface area contributed by atoms with E-state index in [9.17, 15) is 13.6 Å². The van der Waals surface area contributed by atoms with Crippen LogP contribution >= 0.6 is 0 Å². The molecule has 1 aliphatic rings. The lowest BCUT2D eigenvalue weighted by atomic mass is 10.3. The number of carboxylic acids is 1. The predicted molar refractivity (Wildman–Crippen MR) is 63.9 cm³/mol. The maximum absolute atomic E-state index is 13.3. The van der Waals surface area contributed by atoms with Crippen LogP contribution in [0.25, 0.3) is 11.0 Å². The molecule has 0 saturated heterocycles. The van der Waals surface area contributed by atoms with Gasteiger partial charge in [0.05, 0.1) is 17.5 Å². The standard InChI is InChI=1S/C13H12F2N2O2/c14-8-5-10-11(6-9(8)15)17(4-3-12(18)19)13(16-10)7-1-2-7/h5-7H,1-4H2,(H,18,19). The zero-order valence-electron chi connectivity index (χ0n) is 10.1. The Morgan fingerprint density at radius 3 is 2.68 bits per heavy atom. The van der Waals surface area contributed by atoms with E-state index in [2.05, 4.69) is 4.98 Å². The zero-order valence-corrected chi connectivity index (χ0v) is 10.1. The van der Waals surface area contributed by atoms with Crippen LogP contribution < -0.4 is 0 Å². The molecule has 1 fully saturated rings. The van der Waals surface area contributed by atoms with E-state index in [4.69, 9.17) is 5.11 Å². The van der Waals surface area contributed by atoms with Gasteiger partial charge in [-0.1, -0.05) is 0 Å². The minimum atomic E-state index is -0.939. The molecule has 6 heteroatoms. The van der Waals surface area contributed by atoms with Crippen LogP contribution in [0.4, 0.5) is 8.78 Å². The fraction of sp³-hybridized carbons (Fsp3) is 0.385. The van der Waals surface area contributed by atoms with E-state index in [0.717, 1.165) is 30.8 Å². The lowest BCUT2D eigenvalue weighted by molar-refractivity contribution is -0.137. The maximum Gasteiger partial charge on any atom is 0.305 e. The molecule has 0 bridgehead atoms. The monoisotopic (exact) mass is 266 g/mol. The number of hydrogen-bond donors (Lipinski definition) is 1. The second-order valence-electron chi connectivity index (χ2n) is 4.79. The van der Waals surface area contributed by atoms with Gasteiger partial charge in [0.2, 0.25) is 0 Å². The first-order valence-electron chi connectivity index (χ1n) is 6.13. The topological polar surface area (TPSA) is 55.1 Å². The number of rotatable bonds is 4. The Labute approximate surface area is 107 Å². The molecule has 0 amide bonds. The van der Waals surface area contributed by atoms with Crippen LogP contribution in [0.2, 0.25) is 0 Å². The first kappa shape index (κ1) is 12.1. The molecular formula is C13H12F2N2O2. The highest BCUT2D eigenvalue weighted by Gasteiger charge is 2.30. The normalized spacial score (nSPS) is 15.1. The summed E-state index contributed by atoms with van der Waals surface area (Å²) in [7, 11) is 0. The van der Waals surface area contributed by atoms with E-state index < -0.39 is 17.6 Å². The van der Waals surface area contributed by atoms with Crippen molar-refractivity contribution in [3.8, 4) is 0 Å². The number of hydrogen-bond acceptors (Lipinski definition) is 2. The summed E-state index contributed by atoms with van der Waals surface area (Å²) >= 11 is 0. The molecule has 1 saturated carbocycles. The molecule has 0 spiro atoms. The summed E-state index contributed by atoms with van der Waals surface area (Å²) in [6, 6.07) is 2.15. The highest BCUT2D eigenvalue weighted by Crippen LogP contribution is 2.40. The van der Waals surface area contributed by atoms with Gasteiger partial charge in [-0.3, -0.25) is 4.79 Å². The summed E-state index contributed by atoms with van der Waals surface area (Å²) in [5, 5.41) is 8.76. The molecule has 0 aliphatic heterocycles. The van der Waals surface area contributed by atoms with Crippen molar-refractivity contribution >= 4 is 17.0 Å². The van der Waals surface area contributed by atoms with Crippen molar-refractivity contribution in [2.75, 3.05) is 0 Å². The van der Waals surface area contributed by atoms with E-state index in [-0.39, 0.29) is 18.9 Å². The number of carboxylic acid groups (broad SMARTS) is 1. The average molecular weight is 266 g/mol. The predicted octanol–water partition coefficient (Wildman–Crippen LogP) is 2.67. The Morgan fingerprint density at radius 2 is 2.05 bits per heavy atom. The van der Waals surface area contributed by atoms with Crippen LogP contribution in [0, 0.1) is 11.6 Å². The minimum absolute atomic E-state index is 0.0653. The molecule has 0 unspecified atom stereocenters. The summed E-state index contributed by atoms with van der Waals surface area (Å²) in [5.74, 6) is -1.77. The molecule has 0 atom stereocenters. The summed E-state index contributed by atoms with van der Waals surface area (Å²) in [6.45, 7) is 0.225. The molecular weight excluding hydrogens is 254 g/mol. The number of nitrogens with zero attached hydrogens (tertiary/aromatic N) is 2. The molecule has 1 aromatic carbocycles. The van der Waals surface area contributed by atoms with Crippen molar-refractivity contribution in [2.45, 2.75) is 31.7 Å². The second-order valence-corrected chi connectivity index (χ2v) is 4.79. The third-order valence-corrected chi connectivity index (χ3v) is 3.31. The third kappa shape index (κ3) is 2.18. The molecule has 2 aromatic rings. The van der Waals surface area contributed by atoms with Crippen LogP contribution in [-0.2, 0) is 11.3 Å². The van der Waals surface area contributed by atoms with Gasteiger partial charge < -0.3 is 9.67 Å². The quantitative estimate of drug-likeness (QED) is 0.925. The molecule has 100 valence electrons. The van der Waals surface area contributed by atoms with Crippen molar-refractivity contribution in [1.82, 2.24) is 9.55 Å². The zero-order chi connectivity index (χ0) is 13.6. The van der Waals surface area contributed by atoms with Gasteiger partial charge in [0, 0.05) is 24.6 Å². The van der Waals surface area contributed by atoms with Crippen molar-refractivity contribution < 1.29 is 18.7 Å². The largest absolute Gasteiger partial charge is 0.481 e. The van der Waals surface area contributed by atoms with Crippen LogP contribution in [0.1, 0.15) is 31.0 Å². The number of aryl methyl sites for hydroxylation is 1. The molecule has 0 radical (unpaired) electrons. The van der Waals surface area contributed by atoms with Gasteiger partial charge >= 0.3 is 5.97 Å². The fourth-order valence-electron chi connectivity index (χ4n) is 2.23. The number of fused-ring (bicyclic) bond motifs is 1. The van der Waals surface area contributed by atoms with Crippen LogP contribution in [0.3, 0.4) is 0 Å². The number of carbonyl (C=O) groups is 1. The minimum Gasteiger partial charge on any atom is -0.481 e. The lowest BCUT2D eigenvalue weighted by Gasteiger charge is -2.06.